The van der Waals surface area contributed by atoms with Crippen LogP contribution in [0.3, 0.4) is 0 Å². The number of rotatable bonds is 2. The summed E-state index contributed by atoms with van der Waals surface area (Å²) in [6, 6.07) is 1.83. The molecule has 14 heavy (non-hydrogen) atoms. The van der Waals surface area contributed by atoms with Crippen molar-refractivity contribution in [3.63, 3.8) is 0 Å². The van der Waals surface area contributed by atoms with E-state index in [1.165, 1.54) is 0 Å². The van der Waals surface area contributed by atoms with Crippen LogP contribution >= 0.6 is 0 Å². The Morgan fingerprint density at radius 2 is 2.43 bits per heavy atom. The first-order chi connectivity index (χ1) is 6.66. The Kier molecular flexibility index (Phi) is 2.17. The number of carbonyl (C=O) groups excluding carboxylic acids is 1. The largest absolute Gasteiger partial charge is 0.346 e. The van der Waals surface area contributed by atoms with E-state index in [9.17, 15) is 4.79 Å². The van der Waals surface area contributed by atoms with Gasteiger partial charge in [0.15, 0.2) is 0 Å². The Balaban J connectivity index is 2.03. The summed E-state index contributed by atoms with van der Waals surface area (Å²) in [7, 11) is 0. The van der Waals surface area contributed by atoms with Gasteiger partial charge in [0.25, 0.3) is 5.91 Å². The summed E-state index contributed by atoms with van der Waals surface area (Å²) in [4.78, 5) is 19.5. The molecule has 1 aliphatic rings. The molecular weight excluding hydrogens is 180 g/mol. The number of hydrogen-bond donors (Lipinski definition) is 2. The first kappa shape index (κ1) is 9.08. The number of hydrogen-bond acceptors (Lipinski definition) is 4. The van der Waals surface area contributed by atoms with E-state index in [1.807, 2.05) is 0 Å². The van der Waals surface area contributed by atoms with Crippen LogP contribution in [0.15, 0.2) is 12.3 Å². The lowest BCUT2D eigenvalue weighted by molar-refractivity contribution is 0.0945. The molecule has 3 N–H and O–H groups in total. The SMILES string of the molecule is Cc1nccc(C(=O)NC2CC2N)n1. The highest BCUT2D eigenvalue weighted by atomic mass is 16.2. The standard InChI is InChI=1S/C9H12N4O/c1-5-11-3-2-7(12-5)9(14)13-8-4-6(8)10/h2-3,6,8H,4,10H2,1H3,(H,13,14). The third-order valence-corrected chi connectivity index (χ3v) is 2.16. The lowest BCUT2D eigenvalue weighted by atomic mass is 10.3. The summed E-state index contributed by atoms with van der Waals surface area (Å²) in [5.41, 5.74) is 5.97. The smallest absolute Gasteiger partial charge is 0.270 e. The molecule has 1 amide bonds. The first-order valence-electron chi connectivity index (χ1n) is 4.53. The topological polar surface area (TPSA) is 80.9 Å². The predicted molar refractivity (Wildman–Crippen MR) is 50.6 cm³/mol. The minimum atomic E-state index is -0.173. The van der Waals surface area contributed by atoms with Gasteiger partial charge in [0.1, 0.15) is 11.5 Å². The average molecular weight is 192 g/mol. The number of aromatic nitrogens is 2. The number of aryl methyl sites for hydroxylation is 1. The van der Waals surface area contributed by atoms with Crippen LogP contribution in [-0.2, 0) is 0 Å². The van der Waals surface area contributed by atoms with Crippen molar-refractivity contribution < 1.29 is 4.79 Å². The van der Waals surface area contributed by atoms with Crippen LogP contribution in [0.4, 0.5) is 0 Å². The fraction of sp³-hybridized carbons (Fsp3) is 0.444. The van der Waals surface area contributed by atoms with Gasteiger partial charge >= 0.3 is 0 Å². The zero-order valence-corrected chi connectivity index (χ0v) is 7.90. The lowest BCUT2D eigenvalue weighted by Crippen LogP contribution is -2.30. The maximum absolute atomic E-state index is 11.5. The first-order valence-corrected chi connectivity index (χ1v) is 4.53. The number of nitrogens with zero attached hydrogens (tertiary/aromatic N) is 2. The fourth-order valence-corrected chi connectivity index (χ4v) is 1.21. The molecule has 1 fully saturated rings. The van der Waals surface area contributed by atoms with E-state index in [0.717, 1.165) is 6.42 Å². The molecule has 1 aliphatic carbocycles. The van der Waals surface area contributed by atoms with Crippen LogP contribution in [0.25, 0.3) is 0 Å². The second-order valence-corrected chi connectivity index (χ2v) is 3.47. The molecule has 0 bridgehead atoms. The monoisotopic (exact) mass is 192 g/mol. The molecule has 2 rings (SSSR count). The zero-order chi connectivity index (χ0) is 10.1. The van der Waals surface area contributed by atoms with Crippen LogP contribution in [-0.4, -0.2) is 28.0 Å². The summed E-state index contributed by atoms with van der Waals surface area (Å²) >= 11 is 0. The molecule has 2 atom stereocenters. The highest BCUT2D eigenvalue weighted by molar-refractivity contribution is 5.92. The summed E-state index contributed by atoms with van der Waals surface area (Å²) in [5.74, 6) is 0.422. The minimum absolute atomic E-state index is 0.113. The van der Waals surface area contributed by atoms with Gasteiger partial charge in [0.2, 0.25) is 0 Å². The molecule has 1 saturated carbocycles. The Morgan fingerprint density at radius 3 is 3.00 bits per heavy atom. The van der Waals surface area contributed by atoms with Gasteiger partial charge in [-0.3, -0.25) is 4.79 Å². The van der Waals surface area contributed by atoms with E-state index in [1.54, 1.807) is 19.2 Å². The number of nitrogens with one attached hydrogen (secondary N) is 1. The number of amides is 1. The van der Waals surface area contributed by atoms with Crippen LogP contribution in [0.5, 0.6) is 0 Å². The van der Waals surface area contributed by atoms with Gasteiger partial charge < -0.3 is 11.1 Å². The maximum atomic E-state index is 11.5. The summed E-state index contributed by atoms with van der Waals surface area (Å²) in [5, 5.41) is 2.79. The van der Waals surface area contributed by atoms with Crippen molar-refractivity contribution in [1.29, 1.82) is 0 Å². The van der Waals surface area contributed by atoms with Crippen molar-refractivity contribution in [2.24, 2.45) is 5.73 Å². The molecule has 1 aromatic rings. The quantitative estimate of drug-likeness (QED) is 0.669. The predicted octanol–water partition coefficient (Wildman–Crippen LogP) is -0.386. The third kappa shape index (κ3) is 1.88. The van der Waals surface area contributed by atoms with Crippen molar-refractivity contribution in [2.45, 2.75) is 25.4 Å². The van der Waals surface area contributed by atoms with E-state index < -0.39 is 0 Å². The lowest BCUT2D eigenvalue weighted by Gasteiger charge is -2.02. The Labute approximate surface area is 81.7 Å². The van der Waals surface area contributed by atoms with E-state index in [4.69, 9.17) is 5.73 Å². The number of nitrogens with two attached hydrogens (primary N) is 1. The molecule has 1 aromatic heterocycles. The Morgan fingerprint density at radius 1 is 1.71 bits per heavy atom. The summed E-state index contributed by atoms with van der Waals surface area (Å²) in [6.45, 7) is 1.75. The molecular formula is C9H12N4O. The highest BCUT2D eigenvalue weighted by Gasteiger charge is 2.35. The molecule has 74 valence electrons. The van der Waals surface area contributed by atoms with Crippen molar-refractivity contribution >= 4 is 5.91 Å². The molecule has 5 nitrogen and oxygen atoms in total. The normalized spacial score (nSPS) is 24.4. The molecule has 1 heterocycles. The molecule has 0 saturated heterocycles. The van der Waals surface area contributed by atoms with Crippen LogP contribution in [0.2, 0.25) is 0 Å². The van der Waals surface area contributed by atoms with E-state index >= 15 is 0 Å². The Bertz CT molecular complexity index is 366. The van der Waals surface area contributed by atoms with Gasteiger partial charge in [-0.1, -0.05) is 0 Å². The van der Waals surface area contributed by atoms with Gasteiger partial charge in [-0.25, -0.2) is 9.97 Å². The van der Waals surface area contributed by atoms with Gasteiger partial charge in [-0.2, -0.15) is 0 Å². The highest BCUT2D eigenvalue weighted by Crippen LogP contribution is 2.17. The molecule has 0 aromatic carbocycles. The second kappa shape index (κ2) is 3.34. The van der Waals surface area contributed by atoms with Gasteiger partial charge in [0, 0.05) is 18.3 Å². The van der Waals surface area contributed by atoms with Crippen LogP contribution in [0, 0.1) is 6.92 Å². The van der Waals surface area contributed by atoms with E-state index in [-0.39, 0.29) is 18.0 Å². The molecule has 5 heteroatoms. The van der Waals surface area contributed by atoms with Gasteiger partial charge in [-0.05, 0) is 19.4 Å². The van der Waals surface area contributed by atoms with Gasteiger partial charge in [0.05, 0.1) is 0 Å². The third-order valence-electron chi connectivity index (χ3n) is 2.16. The summed E-state index contributed by atoms with van der Waals surface area (Å²) < 4.78 is 0. The van der Waals surface area contributed by atoms with E-state index in [0.29, 0.717) is 11.5 Å². The average Bonchev–Trinajstić information content (AvgIpc) is 2.81. The number of carbonyl (C=O) groups is 1. The zero-order valence-electron chi connectivity index (χ0n) is 7.90. The molecule has 0 radical (unpaired) electrons. The molecule has 0 aliphatic heterocycles. The maximum Gasteiger partial charge on any atom is 0.270 e. The van der Waals surface area contributed by atoms with Gasteiger partial charge in [-0.15, -0.1) is 0 Å². The van der Waals surface area contributed by atoms with Crippen molar-refractivity contribution in [2.75, 3.05) is 0 Å². The van der Waals surface area contributed by atoms with E-state index in [2.05, 4.69) is 15.3 Å². The van der Waals surface area contributed by atoms with Crippen molar-refractivity contribution in [1.82, 2.24) is 15.3 Å². The minimum Gasteiger partial charge on any atom is -0.346 e. The molecule has 0 spiro atoms. The van der Waals surface area contributed by atoms with Crippen molar-refractivity contribution in [3.05, 3.63) is 23.8 Å². The van der Waals surface area contributed by atoms with Crippen molar-refractivity contribution in [3.8, 4) is 0 Å². The van der Waals surface area contributed by atoms with Crippen LogP contribution in [0.1, 0.15) is 22.7 Å². The fourth-order valence-electron chi connectivity index (χ4n) is 1.21. The van der Waals surface area contributed by atoms with Crippen LogP contribution < -0.4 is 11.1 Å². The molecule has 2 unspecified atom stereocenters. The summed E-state index contributed by atoms with van der Waals surface area (Å²) in [6.07, 6.45) is 2.43. The second-order valence-electron chi connectivity index (χ2n) is 3.47. The Hall–Kier alpha value is -1.49.